The second-order valence-corrected chi connectivity index (χ2v) is 7.88. The predicted octanol–water partition coefficient (Wildman–Crippen LogP) is 3.69. The number of alkyl carbamates (subject to hydrolysis) is 1. The predicted molar refractivity (Wildman–Crippen MR) is 106 cm³/mol. The Morgan fingerprint density at radius 1 is 1.32 bits per heavy atom. The number of carbonyl (C=O) groups is 1. The molecule has 0 spiro atoms. The molecule has 0 radical (unpaired) electrons. The first kappa shape index (κ1) is 20.2. The van der Waals surface area contributed by atoms with E-state index in [-0.39, 0.29) is 12.1 Å². The van der Waals surface area contributed by atoms with Crippen molar-refractivity contribution in [1.29, 1.82) is 0 Å². The Hall–Kier alpha value is -2.54. The minimum Gasteiger partial charge on any atom is -0.495 e. The van der Waals surface area contributed by atoms with Crippen LogP contribution in [0.5, 0.6) is 11.5 Å². The number of hydrogen-bond donors (Lipinski definition) is 1. The highest BCUT2D eigenvalue weighted by molar-refractivity contribution is 5.86. The van der Waals surface area contributed by atoms with E-state index in [1.807, 2.05) is 45.0 Å². The van der Waals surface area contributed by atoms with Gasteiger partial charge in [-0.2, -0.15) is 0 Å². The van der Waals surface area contributed by atoms with Crippen molar-refractivity contribution >= 4 is 17.0 Å². The van der Waals surface area contributed by atoms with Gasteiger partial charge in [-0.3, -0.25) is 4.98 Å². The number of rotatable bonds is 5. The number of carbonyl (C=O) groups excluding carboxylic acids is 1. The number of methoxy groups -OCH3 is 1. The van der Waals surface area contributed by atoms with Crippen LogP contribution in [0.3, 0.4) is 0 Å². The summed E-state index contributed by atoms with van der Waals surface area (Å²) in [5.74, 6) is 1.44. The van der Waals surface area contributed by atoms with Crippen LogP contribution in [0.4, 0.5) is 4.79 Å². The second kappa shape index (κ2) is 8.65. The van der Waals surface area contributed by atoms with Crippen LogP contribution >= 0.6 is 0 Å². The van der Waals surface area contributed by atoms with Gasteiger partial charge in [-0.15, -0.1) is 0 Å². The summed E-state index contributed by atoms with van der Waals surface area (Å²) in [6, 6.07) is 7.64. The first-order valence-corrected chi connectivity index (χ1v) is 9.51. The maximum absolute atomic E-state index is 11.9. The van der Waals surface area contributed by atoms with Gasteiger partial charge in [0.1, 0.15) is 23.7 Å². The number of aromatic nitrogens is 1. The summed E-state index contributed by atoms with van der Waals surface area (Å²) >= 11 is 0. The maximum Gasteiger partial charge on any atom is 0.407 e. The van der Waals surface area contributed by atoms with Crippen molar-refractivity contribution in [2.45, 2.75) is 51.4 Å². The van der Waals surface area contributed by atoms with Crippen molar-refractivity contribution in [1.82, 2.24) is 10.3 Å². The Bertz CT molecular complexity index is 810. The summed E-state index contributed by atoms with van der Waals surface area (Å²) in [5.41, 5.74) is 0.343. The van der Waals surface area contributed by atoms with Gasteiger partial charge in [0.15, 0.2) is 0 Å². The molecule has 1 aliphatic rings. The van der Waals surface area contributed by atoms with Gasteiger partial charge in [-0.1, -0.05) is 6.07 Å². The number of ether oxygens (including phenoxy) is 4. The lowest BCUT2D eigenvalue weighted by Gasteiger charge is -2.30. The molecule has 2 atom stereocenters. The highest BCUT2D eigenvalue weighted by Crippen LogP contribution is 2.28. The number of fused-ring (bicyclic) bond motifs is 1. The van der Waals surface area contributed by atoms with Crippen LogP contribution in [-0.4, -0.2) is 49.1 Å². The summed E-state index contributed by atoms with van der Waals surface area (Å²) in [5, 5.41) is 3.76. The lowest BCUT2D eigenvalue weighted by molar-refractivity contribution is -0.0283. The first-order chi connectivity index (χ1) is 13.3. The van der Waals surface area contributed by atoms with E-state index in [4.69, 9.17) is 18.9 Å². The van der Waals surface area contributed by atoms with Gasteiger partial charge < -0.3 is 24.3 Å². The Morgan fingerprint density at radius 2 is 2.14 bits per heavy atom. The highest BCUT2D eigenvalue weighted by atomic mass is 16.6. The third kappa shape index (κ3) is 5.48. The lowest BCUT2D eigenvalue weighted by atomic mass is 10.1. The number of pyridine rings is 1. The lowest BCUT2D eigenvalue weighted by Crippen LogP contribution is -2.45. The van der Waals surface area contributed by atoms with Gasteiger partial charge >= 0.3 is 6.09 Å². The zero-order chi connectivity index (χ0) is 20.1. The molecule has 3 rings (SSSR count). The van der Waals surface area contributed by atoms with E-state index in [1.165, 1.54) is 0 Å². The van der Waals surface area contributed by atoms with E-state index >= 15 is 0 Å². The minimum absolute atomic E-state index is 0.0227. The zero-order valence-electron chi connectivity index (χ0n) is 16.9. The van der Waals surface area contributed by atoms with Crippen molar-refractivity contribution in [2.24, 2.45) is 0 Å². The first-order valence-electron chi connectivity index (χ1n) is 9.51. The van der Waals surface area contributed by atoms with Crippen LogP contribution in [0.25, 0.3) is 10.9 Å². The Kier molecular flexibility index (Phi) is 6.24. The molecule has 1 amide bonds. The maximum atomic E-state index is 11.9. The fourth-order valence-electron chi connectivity index (χ4n) is 3.05. The number of amides is 1. The van der Waals surface area contributed by atoms with E-state index in [0.717, 1.165) is 29.5 Å². The van der Waals surface area contributed by atoms with Gasteiger partial charge in [-0.25, -0.2) is 4.79 Å². The van der Waals surface area contributed by atoms with E-state index in [0.29, 0.717) is 19.0 Å². The molecule has 0 saturated carbocycles. The number of nitrogens with zero attached hydrogens (tertiary/aromatic N) is 1. The highest BCUT2D eigenvalue weighted by Gasteiger charge is 2.25. The van der Waals surface area contributed by atoms with E-state index < -0.39 is 11.7 Å². The molecular weight excluding hydrogens is 360 g/mol. The van der Waals surface area contributed by atoms with Crippen LogP contribution in [0.2, 0.25) is 0 Å². The molecule has 0 bridgehead atoms. The van der Waals surface area contributed by atoms with Crippen molar-refractivity contribution in [2.75, 3.05) is 20.3 Å². The standard InChI is InChI=1S/C21H28N2O5/c1-21(2,3)28-20(24)23-14-8-9-15(26-12-14)13-27-19-7-5-6-18-17(19)10-16(25-4)11-22-18/h5-7,10-11,14-15H,8-9,12-13H2,1-4H3,(H,23,24)/t14-,15+/m1/s1. The van der Waals surface area contributed by atoms with E-state index in [2.05, 4.69) is 10.3 Å². The summed E-state index contributed by atoms with van der Waals surface area (Å²) in [4.78, 5) is 16.2. The summed E-state index contributed by atoms with van der Waals surface area (Å²) in [7, 11) is 1.61. The summed E-state index contributed by atoms with van der Waals surface area (Å²) < 4.78 is 22.4. The molecule has 28 heavy (non-hydrogen) atoms. The van der Waals surface area contributed by atoms with Gasteiger partial charge in [0.2, 0.25) is 0 Å². The van der Waals surface area contributed by atoms with Gasteiger partial charge in [0.25, 0.3) is 0 Å². The molecule has 0 aliphatic carbocycles. The largest absolute Gasteiger partial charge is 0.495 e. The van der Waals surface area contributed by atoms with Crippen molar-refractivity contribution in [3.05, 3.63) is 30.5 Å². The zero-order valence-corrected chi connectivity index (χ0v) is 16.9. The monoisotopic (exact) mass is 388 g/mol. The Labute approximate surface area is 165 Å². The third-order valence-corrected chi connectivity index (χ3v) is 4.41. The number of benzene rings is 1. The fourth-order valence-corrected chi connectivity index (χ4v) is 3.05. The molecule has 1 aliphatic heterocycles. The van der Waals surface area contributed by atoms with E-state index in [9.17, 15) is 4.79 Å². The molecular formula is C21H28N2O5. The molecule has 1 fully saturated rings. The minimum atomic E-state index is -0.508. The molecule has 1 aromatic carbocycles. The topological polar surface area (TPSA) is 78.9 Å². The molecule has 7 nitrogen and oxygen atoms in total. The molecule has 0 unspecified atom stereocenters. The molecule has 152 valence electrons. The summed E-state index contributed by atoms with van der Waals surface area (Å²) in [6.45, 7) is 6.41. The molecule has 1 aromatic heterocycles. The molecule has 1 saturated heterocycles. The SMILES string of the molecule is COc1cnc2cccc(OC[C@@H]3CC[C@@H](NC(=O)OC(C)(C)C)CO3)c2c1. The Balaban J connectivity index is 1.51. The average molecular weight is 388 g/mol. The molecule has 1 N–H and O–H groups in total. The molecule has 2 aromatic rings. The molecule has 2 heterocycles. The fraction of sp³-hybridized carbons (Fsp3) is 0.524. The normalized spacial score (nSPS) is 19.9. The van der Waals surface area contributed by atoms with Crippen LogP contribution in [-0.2, 0) is 9.47 Å². The van der Waals surface area contributed by atoms with Crippen molar-refractivity contribution in [3.63, 3.8) is 0 Å². The van der Waals surface area contributed by atoms with Crippen molar-refractivity contribution in [3.8, 4) is 11.5 Å². The van der Waals surface area contributed by atoms with Gasteiger partial charge in [0.05, 0.1) is 37.6 Å². The molecule has 7 heteroatoms. The van der Waals surface area contributed by atoms with Gasteiger partial charge in [0, 0.05) is 5.39 Å². The number of hydrogen-bond acceptors (Lipinski definition) is 6. The van der Waals surface area contributed by atoms with Crippen LogP contribution in [0.15, 0.2) is 30.5 Å². The van der Waals surface area contributed by atoms with Crippen molar-refractivity contribution < 1.29 is 23.7 Å². The third-order valence-electron chi connectivity index (χ3n) is 4.41. The second-order valence-electron chi connectivity index (χ2n) is 7.88. The van der Waals surface area contributed by atoms with E-state index in [1.54, 1.807) is 13.3 Å². The average Bonchev–Trinajstić information content (AvgIpc) is 2.65. The van der Waals surface area contributed by atoms with Crippen LogP contribution < -0.4 is 14.8 Å². The van der Waals surface area contributed by atoms with Crippen LogP contribution in [0.1, 0.15) is 33.6 Å². The quantitative estimate of drug-likeness (QED) is 0.841. The van der Waals surface area contributed by atoms with Crippen LogP contribution in [0, 0.1) is 0 Å². The Morgan fingerprint density at radius 3 is 2.82 bits per heavy atom. The summed E-state index contributed by atoms with van der Waals surface area (Å²) in [6.07, 6.45) is 2.87. The van der Waals surface area contributed by atoms with Gasteiger partial charge in [-0.05, 0) is 51.8 Å². The number of nitrogens with one attached hydrogen (secondary N) is 1. The smallest absolute Gasteiger partial charge is 0.407 e.